The fourth-order valence-electron chi connectivity index (χ4n) is 3.67. The largest absolute Gasteiger partial charge is 0.491 e. The predicted octanol–water partition coefficient (Wildman–Crippen LogP) is 5.51. The number of fused-ring (bicyclic) bond motifs is 1. The van der Waals surface area contributed by atoms with Crippen molar-refractivity contribution in [1.82, 2.24) is 14.5 Å². The second kappa shape index (κ2) is 10.1. The smallest absolute Gasteiger partial charge is 0.305 e. The predicted molar refractivity (Wildman–Crippen MR) is 125 cm³/mol. The molecule has 0 aliphatic heterocycles. The monoisotopic (exact) mass is 429 g/mol. The van der Waals surface area contributed by atoms with Gasteiger partial charge in [-0.15, -0.1) is 0 Å². The number of para-hydroxylation sites is 1. The first-order valence-electron chi connectivity index (χ1n) is 10.9. The first kappa shape index (κ1) is 21.6. The lowest BCUT2D eigenvalue weighted by atomic mass is 10.2. The molecule has 0 bridgehead atoms. The van der Waals surface area contributed by atoms with Gasteiger partial charge in [0.1, 0.15) is 17.1 Å². The fraction of sp³-hybridized carbons (Fsp3) is 0.269. The van der Waals surface area contributed by atoms with Gasteiger partial charge in [-0.1, -0.05) is 23.8 Å². The summed E-state index contributed by atoms with van der Waals surface area (Å²) in [5, 5.41) is 0. The summed E-state index contributed by atoms with van der Waals surface area (Å²) in [7, 11) is 1.42. The molecule has 164 valence electrons. The normalized spacial score (nSPS) is 10.9. The third-order valence-electron chi connectivity index (χ3n) is 5.37. The topological polar surface area (TPSA) is 66.2 Å². The van der Waals surface area contributed by atoms with Gasteiger partial charge in [-0.25, -0.2) is 4.98 Å². The SMILES string of the molecule is COC(=O)CCCCCOc1cccc2c1nc(-c1cccnc1)n2-c1ccc(C)cc1. The summed E-state index contributed by atoms with van der Waals surface area (Å²) in [5.74, 6) is 1.41. The van der Waals surface area contributed by atoms with E-state index in [4.69, 9.17) is 9.72 Å². The van der Waals surface area contributed by atoms with Crippen LogP contribution >= 0.6 is 0 Å². The summed E-state index contributed by atoms with van der Waals surface area (Å²) >= 11 is 0. The van der Waals surface area contributed by atoms with Crippen molar-refractivity contribution in [3.8, 4) is 22.8 Å². The van der Waals surface area contributed by atoms with Crippen molar-refractivity contribution in [2.75, 3.05) is 13.7 Å². The van der Waals surface area contributed by atoms with Crippen LogP contribution in [0.25, 0.3) is 28.1 Å². The molecule has 4 rings (SSSR count). The zero-order chi connectivity index (χ0) is 22.3. The third-order valence-corrected chi connectivity index (χ3v) is 5.37. The zero-order valence-corrected chi connectivity index (χ0v) is 18.5. The standard InChI is InChI=1S/C26H27N3O3/c1-19-12-14-21(15-13-19)29-22-9-6-10-23(32-17-5-3-4-11-24(30)31-2)25(22)28-26(29)20-8-7-16-27-18-20/h6-10,12-16,18H,3-5,11,17H2,1-2H3. The fourth-order valence-corrected chi connectivity index (χ4v) is 3.67. The number of imidazole rings is 1. The van der Waals surface area contributed by atoms with Gasteiger partial charge in [0, 0.05) is 30.1 Å². The second-order valence-corrected chi connectivity index (χ2v) is 7.71. The van der Waals surface area contributed by atoms with Gasteiger partial charge in [0.2, 0.25) is 0 Å². The van der Waals surface area contributed by atoms with Gasteiger partial charge < -0.3 is 9.47 Å². The van der Waals surface area contributed by atoms with Crippen LogP contribution in [-0.2, 0) is 9.53 Å². The van der Waals surface area contributed by atoms with Crippen LogP contribution in [0.3, 0.4) is 0 Å². The second-order valence-electron chi connectivity index (χ2n) is 7.71. The molecule has 0 fully saturated rings. The van der Waals surface area contributed by atoms with Gasteiger partial charge >= 0.3 is 5.97 Å². The minimum atomic E-state index is -0.166. The number of aromatic nitrogens is 3. The van der Waals surface area contributed by atoms with Gasteiger partial charge in [-0.2, -0.15) is 0 Å². The van der Waals surface area contributed by atoms with E-state index in [1.807, 2.05) is 30.5 Å². The molecular formula is C26H27N3O3. The minimum Gasteiger partial charge on any atom is -0.491 e. The van der Waals surface area contributed by atoms with Gasteiger partial charge in [-0.05, 0) is 62.6 Å². The average Bonchev–Trinajstić information content (AvgIpc) is 3.22. The maximum Gasteiger partial charge on any atom is 0.305 e. The van der Waals surface area contributed by atoms with Crippen LogP contribution in [-0.4, -0.2) is 34.2 Å². The van der Waals surface area contributed by atoms with E-state index in [2.05, 4.69) is 51.5 Å². The van der Waals surface area contributed by atoms with Gasteiger partial charge in [-0.3, -0.25) is 14.3 Å². The Morgan fingerprint density at radius 3 is 2.59 bits per heavy atom. The highest BCUT2D eigenvalue weighted by atomic mass is 16.5. The van der Waals surface area contributed by atoms with Crippen molar-refractivity contribution in [2.45, 2.75) is 32.6 Å². The maximum absolute atomic E-state index is 11.2. The van der Waals surface area contributed by atoms with E-state index < -0.39 is 0 Å². The van der Waals surface area contributed by atoms with E-state index >= 15 is 0 Å². The molecular weight excluding hydrogens is 402 g/mol. The molecule has 6 heteroatoms. The summed E-state index contributed by atoms with van der Waals surface area (Å²) in [6, 6.07) is 18.3. The molecule has 0 amide bonds. The zero-order valence-electron chi connectivity index (χ0n) is 18.5. The summed E-state index contributed by atoms with van der Waals surface area (Å²) in [6.45, 7) is 2.65. The molecule has 6 nitrogen and oxygen atoms in total. The average molecular weight is 430 g/mol. The van der Waals surface area contributed by atoms with Crippen LogP contribution in [0.15, 0.2) is 67.0 Å². The number of unbranched alkanes of at least 4 members (excludes halogenated alkanes) is 2. The van der Waals surface area contributed by atoms with E-state index in [1.54, 1.807) is 6.20 Å². The van der Waals surface area contributed by atoms with Crippen molar-refractivity contribution in [3.63, 3.8) is 0 Å². The Bertz CT molecular complexity index is 1180. The number of hydrogen-bond acceptors (Lipinski definition) is 5. The molecule has 32 heavy (non-hydrogen) atoms. The van der Waals surface area contributed by atoms with E-state index in [9.17, 15) is 4.79 Å². The number of aryl methyl sites for hydroxylation is 1. The first-order valence-corrected chi connectivity index (χ1v) is 10.9. The number of pyridine rings is 1. The van der Waals surface area contributed by atoms with Crippen molar-refractivity contribution >= 4 is 17.0 Å². The molecule has 0 atom stereocenters. The number of rotatable bonds is 9. The Balaban J connectivity index is 1.62. The lowest BCUT2D eigenvalue weighted by molar-refractivity contribution is -0.140. The molecule has 0 radical (unpaired) electrons. The lowest BCUT2D eigenvalue weighted by Crippen LogP contribution is -2.01. The van der Waals surface area contributed by atoms with E-state index in [-0.39, 0.29) is 5.97 Å². The van der Waals surface area contributed by atoms with Crippen LogP contribution < -0.4 is 4.74 Å². The molecule has 0 saturated heterocycles. The van der Waals surface area contributed by atoms with Crippen molar-refractivity contribution in [3.05, 3.63) is 72.6 Å². The minimum absolute atomic E-state index is 0.166. The number of esters is 1. The molecule has 4 aromatic rings. The third kappa shape index (κ3) is 4.80. The number of carbonyl (C=O) groups is 1. The maximum atomic E-state index is 11.2. The first-order chi connectivity index (χ1) is 15.7. The number of carbonyl (C=O) groups excluding carboxylic acids is 1. The Morgan fingerprint density at radius 1 is 1.00 bits per heavy atom. The molecule has 0 N–H and O–H groups in total. The molecule has 0 aliphatic rings. The molecule has 2 aromatic carbocycles. The van der Waals surface area contributed by atoms with Crippen LogP contribution in [0.4, 0.5) is 0 Å². The van der Waals surface area contributed by atoms with Gasteiger partial charge in [0.15, 0.2) is 0 Å². The Hall–Kier alpha value is -3.67. The van der Waals surface area contributed by atoms with Gasteiger partial charge in [0.05, 0.1) is 19.2 Å². The highest BCUT2D eigenvalue weighted by molar-refractivity contribution is 5.87. The van der Waals surface area contributed by atoms with Crippen LogP contribution in [0.1, 0.15) is 31.2 Å². The van der Waals surface area contributed by atoms with E-state index in [0.717, 1.165) is 53.1 Å². The summed E-state index contributed by atoms with van der Waals surface area (Å²) in [5.41, 5.74) is 4.99. The molecule has 0 spiro atoms. The Morgan fingerprint density at radius 2 is 1.84 bits per heavy atom. The molecule has 0 aliphatic carbocycles. The molecule has 0 unspecified atom stereocenters. The van der Waals surface area contributed by atoms with Crippen LogP contribution in [0, 0.1) is 6.92 Å². The highest BCUT2D eigenvalue weighted by Crippen LogP contribution is 2.33. The number of benzene rings is 2. The number of ether oxygens (including phenoxy) is 2. The number of hydrogen-bond donors (Lipinski definition) is 0. The van der Waals surface area contributed by atoms with Crippen LogP contribution in [0.5, 0.6) is 5.75 Å². The van der Waals surface area contributed by atoms with Crippen molar-refractivity contribution in [2.24, 2.45) is 0 Å². The Labute approximate surface area is 187 Å². The molecule has 2 aromatic heterocycles. The number of methoxy groups -OCH3 is 1. The van der Waals surface area contributed by atoms with E-state index in [0.29, 0.717) is 13.0 Å². The van der Waals surface area contributed by atoms with Crippen molar-refractivity contribution in [1.29, 1.82) is 0 Å². The molecule has 2 heterocycles. The highest BCUT2D eigenvalue weighted by Gasteiger charge is 2.17. The van der Waals surface area contributed by atoms with Gasteiger partial charge in [0.25, 0.3) is 0 Å². The molecule has 0 saturated carbocycles. The van der Waals surface area contributed by atoms with E-state index in [1.165, 1.54) is 12.7 Å². The Kier molecular flexibility index (Phi) is 6.80. The number of nitrogens with zero attached hydrogens (tertiary/aromatic N) is 3. The van der Waals surface area contributed by atoms with Crippen LogP contribution in [0.2, 0.25) is 0 Å². The quantitative estimate of drug-likeness (QED) is 0.259. The van der Waals surface area contributed by atoms with Crippen molar-refractivity contribution < 1.29 is 14.3 Å². The summed E-state index contributed by atoms with van der Waals surface area (Å²) in [6.07, 6.45) is 6.60. The summed E-state index contributed by atoms with van der Waals surface area (Å²) < 4.78 is 12.9. The summed E-state index contributed by atoms with van der Waals surface area (Å²) in [4.78, 5) is 20.5. The lowest BCUT2D eigenvalue weighted by Gasteiger charge is -2.10.